The normalized spacial score (nSPS) is 11.4. The average Bonchev–Trinajstić information content (AvgIpc) is 3.07. The fourth-order valence-electron chi connectivity index (χ4n) is 3.17. The molecular weight excluding hydrogens is 334 g/mol. The van der Waals surface area contributed by atoms with E-state index >= 15 is 0 Å². The summed E-state index contributed by atoms with van der Waals surface area (Å²) in [5.41, 5.74) is 3.78. The second-order valence-electron chi connectivity index (χ2n) is 6.87. The van der Waals surface area contributed by atoms with E-state index in [1.165, 1.54) is 0 Å². The largest absolute Gasteiger partial charge is 0.496 e. The molecule has 3 rings (SSSR count). The molecule has 4 nitrogen and oxygen atoms in total. The Kier molecular flexibility index (Phi) is 5.29. The molecule has 0 aliphatic carbocycles. The van der Waals surface area contributed by atoms with Crippen molar-refractivity contribution in [2.45, 2.75) is 20.4 Å². The maximum Gasteiger partial charge on any atom is 0.126 e. The maximum atomic E-state index is 9.70. The SMILES string of the molecule is COc1ccc(C#N)cc1/C=C(\C#N)c1ccc2c(ccn2CC(C)C)c1. The third kappa shape index (κ3) is 3.86. The fraction of sp³-hybridized carbons (Fsp3) is 0.217. The molecule has 0 N–H and O–H groups in total. The van der Waals surface area contributed by atoms with E-state index in [1.807, 2.05) is 12.1 Å². The number of fused-ring (bicyclic) bond motifs is 1. The van der Waals surface area contributed by atoms with E-state index in [9.17, 15) is 5.26 Å². The summed E-state index contributed by atoms with van der Waals surface area (Å²) in [6.45, 7) is 5.35. The van der Waals surface area contributed by atoms with Crippen molar-refractivity contribution in [1.82, 2.24) is 4.57 Å². The van der Waals surface area contributed by atoms with Crippen LogP contribution in [-0.2, 0) is 6.54 Å². The second-order valence-corrected chi connectivity index (χ2v) is 6.87. The molecule has 134 valence electrons. The standard InChI is InChI=1S/C23H21N3O/c1-16(2)15-26-9-8-19-11-18(5-6-22(19)26)21(14-25)12-20-10-17(13-24)4-7-23(20)27-3/h4-12,16H,15H2,1-3H3/b21-12+. The van der Waals surface area contributed by atoms with Crippen LogP contribution < -0.4 is 4.74 Å². The van der Waals surface area contributed by atoms with E-state index in [0.717, 1.165) is 23.0 Å². The Labute approximate surface area is 159 Å². The van der Waals surface area contributed by atoms with Gasteiger partial charge in [0.15, 0.2) is 0 Å². The number of methoxy groups -OCH3 is 1. The minimum atomic E-state index is 0.528. The minimum absolute atomic E-state index is 0.528. The summed E-state index contributed by atoms with van der Waals surface area (Å²) < 4.78 is 7.60. The molecule has 27 heavy (non-hydrogen) atoms. The zero-order valence-electron chi connectivity index (χ0n) is 15.7. The van der Waals surface area contributed by atoms with Crippen molar-refractivity contribution in [1.29, 1.82) is 10.5 Å². The number of rotatable bonds is 5. The van der Waals surface area contributed by atoms with Crippen molar-refractivity contribution in [3.63, 3.8) is 0 Å². The molecule has 0 saturated carbocycles. The number of ether oxygens (including phenoxy) is 1. The van der Waals surface area contributed by atoms with Crippen LogP contribution in [0.1, 0.15) is 30.5 Å². The number of nitrogens with zero attached hydrogens (tertiary/aromatic N) is 3. The maximum absolute atomic E-state index is 9.70. The molecule has 4 heteroatoms. The first-order chi connectivity index (χ1) is 13.0. The van der Waals surface area contributed by atoms with Gasteiger partial charge in [-0.3, -0.25) is 0 Å². The summed E-state index contributed by atoms with van der Waals surface area (Å²) in [5.74, 6) is 1.20. The number of aromatic nitrogens is 1. The molecule has 0 radical (unpaired) electrons. The van der Waals surface area contributed by atoms with E-state index in [0.29, 0.717) is 28.4 Å². The highest BCUT2D eigenvalue weighted by Crippen LogP contribution is 2.28. The molecule has 3 aromatic rings. The summed E-state index contributed by atoms with van der Waals surface area (Å²) in [6, 6.07) is 17.7. The zero-order chi connectivity index (χ0) is 19.4. The van der Waals surface area contributed by atoms with Crippen LogP contribution in [0.15, 0.2) is 48.7 Å². The Morgan fingerprint density at radius 3 is 2.63 bits per heavy atom. The van der Waals surface area contributed by atoms with Crippen molar-refractivity contribution in [3.8, 4) is 17.9 Å². The predicted octanol–water partition coefficient (Wildman–Crippen LogP) is 5.24. The highest BCUT2D eigenvalue weighted by atomic mass is 16.5. The van der Waals surface area contributed by atoms with Crippen molar-refractivity contribution in [3.05, 3.63) is 65.4 Å². The van der Waals surface area contributed by atoms with Crippen LogP contribution in [0, 0.1) is 28.6 Å². The molecule has 0 amide bonds. The molecule has 0 bridgehead atoms. The van der Waals surface area contributed by atoms with Crippen molar-refractivity contribution < 1.29 is 4.74 Å². The van der Waals surface area contributed by atoms with Gasteiger partial charge in [-0.25, -0.2) is 0 Å². The van der Waals surface area contributed by atoms with Crippen LogP contribution in [0.5, 0.6) is 5.75 Å². The van der Waals surface area contributed by atoms with Gasteiger partial charge >= 0.3 is 0 Å². The van der Waals surface area contributed by atoms with Gasteiger partial charge in [0.1, 0.15) is 5.75 Å². The second kappa shape index (κ2) is 7.81. The number of benzene rings is 2. The third-order valence-electron chi connectivity index (χ3n) is 4.42. The Bertz CT molecular complexity index is 1090. The molecule has 0 unspecified atom stereocenters. The van der Waals surface area contributed by atoms with E-state index in [1.54, 1.807) is 31.4 Å². The molecule has 0 spiro atoms. The molecule has 0 saturated heterocycles. The van der Waals surface area contributed by atoms with Gasteiger partial charge in [-0.2, -0.15) is 10.5 Å². The zero-order valence-corrected chi connectivity index (χ0v) is 15.7. The lowest BCUT2D eigenvalue weighted by molar-refractivity contribution is 0.414. The lowest BCUT2D eigenvalue weighted by atomic mass is 10.0. The van der Waals surface area contributed by atoms with Crippen LogP contribution in [0.3, 0.4) is 0 Å². The molecular formula is C23H21N3O. The average molecular weight is 355 g/mol. The molecule has 2 aromatic carbocycles. The van der Waals surface area contributed by atoms with Crippen LogP contribution in [0.25, 0.3) is 22.6 Å². The Balaban J connectivity index is 2.05. The molecule has 0 aliphatic rings. The molecule has 1 aromatic heterocycles. The predicted molar refractivity (Wildman–Crippen MR) is 108 cm³/mol. The number of hydrogen-bond acceptors (Lipinski definition) is 3. The van der Waals surface area contributed by atoms with Gasteiger partial charge in [0.25, 0.3) is 0 Å². The smallest absolute Gasteiger partial charge is 0.126 e. The Hall–Kier alpha value is -3.50. The van der Waals surface area contributed by atoms with Crippen molar-refractivity contribution in [2.75, 3.05) is 7.11 Å². The van der Waals surface area contributed by atoms with Crippen LogP contribution >= 0.6 is 0 Å². The van der Waals surface area contributed by atoms with E-state index < -0.39 is 0 Å². The van der Waals surface area contributed by atoms with Gasteiger partial charge in [0, 0.05) is 29.2 Å². The summed E-state index contributed by atoms with van der Waals surface area (Å²) in [6.07, 6.45) is 3.86. The highest BCUT2D eigenvalue weighted by Gasteiger charge is 2.09. The topological polar surface area (TPSA) is 61.7 Å². The van der Waals surface area contributed by atoms with Crippen LogP contribution in [0.2, 0.25) is 0 Å². The Morgan fingerprint density at radius 1 is 1.15 bits per heavy atom. The van der Waals surface area contributed by atoms with E-state index in [4.69, 9.17) is 10.00 Å². The first-order valence-electron chi connectivity index (χ1n) is 8.85. The number of nitriles is 2. The van der Waals surface area contributed by atoms with E-state index in [2.05, 4.69) is 48.9 Å². The molecule has 0 aliphatic heterocycles. The first-order valence-corrected chi connectivity index (χ1v) is 8.85. The summed E-state index contributed by atoms with van der Waals surface area (Å²) in [4.78, 5) is 0. The fourth-order valence-corrected chi connectivity index (χ4v) is 3.17. The van der Waals surface area contributed by atoms with Crippen LogP contribution in [-0.4, -0.2) is 11.7 Å². The van der Waals surface area contributed by atoms with E-state index in [-0.39, 0.29) is 0 Å². The monoisotopic (exact) mass is 355 g/mol. The van der Waals surface area contributed by atoms with Gasteiger partial charge < -0.3 is 9.30 Å². The molecule has 0 atom stereocenters. The van der Waals surface area contributed by atoms with Gasteiger partial charge in [-0.05, 0) is 54.0 Å². The first kappa shape index (κ1) is 18.3. The van der Waals surface area contributed by atoms with Crippen molar-refractivity contribution in [2.24, 2.45) is 5.92 Å². The Morgan fingerprint density at radius 2 is 1.96 bits per heavy atom. The summed E-state index contributed by atoms with van der Waals surface area (Å²) in [5, 5.41) is 19.9. The lowest BCUT2D eigenvalue weighted by Crippen LogP contribution is -2.02. The minimum Gasteiger partial charge on any atom is -0.496 e. The lowest BCUT2D eigenvalue weighted by Gasteiger charge is -2.09. The number of allylic oxidation sites excluding steroid dienone is 1. The summed E-state index contributed by atoms with van der Waals surface area (Å²) in [7, 11) is 1.58. The highest BCUT2D eigenvalue weighted by molar-refractivity contribution is 5.94. The van der Waals surface area contributed by atoms with Gasteiger partial charge in [0.05, 0.1) is 30.4 Å². The third-order valence-corrected chi connectivity index (χ3v) is 4.42. The van der Waals surface area contributed by atoms with Crippen LogP contribution in [0.4, 0.5) is 0 Å². The molecule has 1 heterocycles. The quantitative estimate of drug-likeness (QED) is 0.464. The van der Waals surface area contributed by atoms with Gasteiger partial charge in [-0.15, -0.1) is 0 Å². The molecule has 0 fully saturated rings. The summed E-state index contributed by atoms with van der Waals surface area (Å²) >= 11 is 0. The van der Waals surface area contributed by atoms with Gasteiger partial charge in [-0.1, -0.05) is 19.9 Å². The van der Waals surface area contributed by atoms with Gasteiger partial charge in [0.2, 0.25) is 0 Å². The number of hydrogen-bond donors (Lipinski definition) is 0. The van der Waals surface area contributed by atoms with Crippen molar-refractivity contribution >= 4 is 22.6 Å².